The van der Waals surface area contributed by atoms with Gasteiger partial charge in [-0.3, -0.25) is 18.9 Å². The smallest absolute Gasteiger partial charge is 0.407 e. The highest BCUT2D eigenvalue weighted by Crippen LogP contribution is 2.53. The third kappa shape index (κ3) is 9.24. The summed E-state index contributed by atoms with van der Waals surface area (Å²) in [7, 11) is -4.06. The standard InChI is InChI=1S/C43H40NO8P/c1-30(44-43(48)51-26-39-37-23-13-11-21-35(37)36-22-12-14-24-38(36)39)53(49,52-28-41(46)33-19-9-4-10-20-33)29-34(25-31-15-5-2-6-16-31)42(47)50-27-40(45)32-17-7-3-8-18-32/h2-24,30,34,39H,25-29H2,1H3,(H,44,48). The van der Waals surface area contributed by atoms with Gasteiger partial charge in [-0.05, 0) is 41.2 Å². The molecule has 0 fully saturated rings. The number of ketones is 2. The van der Waals surface area contributed by atoms with Crippen LogP contribution in [0.25, 0.3) is 11.1 Å². The number of nitrogens with one attached hydrogen (secondary N) is 1. The Morgan fingerprint density at radius 1 is 0.642 bits per heavy atom. The van der Waals surface area contributed by atoms with E-state index in [0.717, 1.165) is 27.8 Å². The molecule has 0 aliphatic heterocycles. The number of hydrogen-bond donors (Lipinski definition) is 1. The minimum absolute atomic E-state index is 0.0304. The number of alkyl carbamates (subject to hydrolysis) is 1. The van der Waals surface area contributed by atoms with Crippen molar-refractivity contribution in [3.8, 4) is 11.1 Å². The number of ether oxygens (including phenoxy) is 2. The maximum atomic E-state index is 14.9. The van der Waals surface area contributed by atoms with E-state index >= 15 is 0 Å². The molecule has 1 aliphatic carbocycles. The second-order valence-corrected chi connectivity index (χ2v) is 15.8. The van der Waals surface area contributed by atoms with Gasteiger partial charge in [0, 0.05) is 23.2 Å². The molecule has 9 nitrogen and oxygen atoms in total. The Labute approximate surface area is 308 Å². The van der Waals surface area contributed by atoms with Crippen molar-refractivity contribution in [1.82, 2.24) is 5.32 Å². The Kier molecular flexibility index (Phi) is 12.1. The third-order valence-electron chi connectivity index (χ3n) is 9.34. The molecule has 270 valence electrons. The molecule has 1 amide bonds. The molecule has 0 saturated carbocycles. The van der Waals surface area contributed by atoms with E-state index < -0.39 is 55.9 Å². The molecule has 3 unspecified atom stereocenters. The van der Waals surface area contributed by atoms with E-state index in [0.29, 0.717) is 11.1 Å². The Morgan fingerprint density at radius 3 is 1.70 bits per heavy atom. The van der Waals surface area contributed by atoms with Gasteiger partial charge in [-0.2, -0.15) is 0 Å². The van der Waals surface area contributed by atoms with E-state index in [-0.39, 0.29) is 25.1 Å². The molecule has 0 spiro atoms. The van der Waals surface area contributed by atoms with Gasteiger partial charge in [-0.25, -0.2) is 4.79 Å². The van der Waals surface area contributed by atoms with Crippen LogP contribution in [0.3, 0.4) is 0 Å². The Bertz CT molecular complexity index is 2060. The summed E-state index contributed by atoms with van der Waals surface area (Å²) in [5.41, 5.74) is 5.73. The lowest BCUT2D eigenvalue weighted by molar-refractivity contribution is -0.146. The summed E-state index contributed by atoms with van der Waals surface area (Å²) < 4.78 is 32.1. The van der Waals surface area contributed by atoms with Gasteiger partial charge in [0.25, 0.3) is 0 Å². The van der Waals surface area contributed by atoms with Crippen LogP contribution >= 0.6 is 7.37 Å². The summed E-state index contributed by atoms with van der Waals surface area (Å²) in [6, 6.07) is 41.9. The fourth-order valence-electron chi connectivity index (χ4n) is 6.50. The summed E-state index contributed by atoms with van der Waals surface area (Å²) in [6.07, 6.45) is -1.10. The molecule has 1 N–H and O–H groups in total. The lowest BCUT2D eigenvalue weighted by atomic mass is 9.98. The van der Waals surface area contributed by atoms with E-state index in [1.54, 1.807) is 60.7 Å². The molecular formula is C43H40NO8P. The quantitative estimate of drug-likeness (QED) is 0.0611. The van der Waals surface area contributed by atoms with Crippen molar-refractivity contribution in [2.75, 3.05) is 26.0 Å². The van der Waals surface area contributed by atoms with Crippen LogP contribution in [-0.2, 0) is 29.8 Å². The van der Waals surface area contributed by atoms with Gasteiger partial charge in [0.05, 0.1) is 5.92 Å². The normalized spacial score (nSPS) is 14.1. The van der Waals surface area contributed by atoms with Gasteiger partial charge in [0.15, 0.2) is 18.2 Å². The Morgan fingerprint density at radius 2 is 1.13 bits per heavy atom. The fourth-order valence-corrected chi connectivity index (χ4v) is 8.67. The van der Waals surface area contributed by atoms with Crippen molar-refractivity contribution in [3.63, 3.8) is 0 Å². The molecule has 5 aromatic rings. The average molecular weight is 730 g/mol. The Balaban J connectivity index is 1.20. The molecule has 53 heavy (non-hydrogen) atoms. The number of carbonyl (C=O) groups excluding carboxylic acids is 4. The second kappa shape index (κ2) is 17.3. The van der Waals surface area contributed by atoms with Gasteiger partial charge in [0.2, 0.25) is 7.37 Å². The Hall–Kier alpha value is -5.63. The molecule has 1 aliphatic rings. The van der Waals surface area contributed by atoms with Crippen LogP contribution in [-0.4, -0.2) is 55.4 Å². The van der Waals surface area contributed by atoms with Gasteiger partial charge in [0.1, 0.15) is 19.0 Å². The molecule has 0 heterocycles. The summed E-state index contributed by atoms with van der Waals surface area (Å²) in [4.78, 5) is 53.0. The SMILES string of the molecule is CC(NC(=O)OCC1c2ccccc2-c2ccccc21)P(=O)(CC(Cc1ccccc1)C(=O)OCC(=O)c1ccccc1)OCC(=O)c1ccccc1. The molecule has 6 rings (SSSR count). The molecule has 0 saturated heterocycles. The molecule has 3 atom stereocenters. The molecule has 0 radical (unpaired) electrons. The summed E-state index contributed by atoms with van der Waals surface area (Å²) in [5, 5.41) is 2.67. The maximum Gasteiger partial charge on any atom is 0.407 e. The van der Waals surface area contributed by atoms with Crippen molar-refractivity contribution in [3.05, 3.63) is 167 Å². The van der Waals surface area contributed by atoms with Crippen molar-refractivity contribution < 1.29 is 37.7 Å². The zero-order chi connectivity index (χ0) is 37.2. The highest BCUT2D eigenvalue weighted by Gasteiger charge is 2.39. The van der Waals surface area contributed by atoms with Crippen LogP contribution < -0.4 is 5.32 Å². The van der Waals surface area contributed by atoms with Crippen molar-refractivity contribution >= 4 is 31.0 Å². The topological polar surface area (TPSA) is 125 Å². The highest BCUT2D eigenvalue weighted by atomic mass is 31.2. The molecule has 10 heteroatoms. The minimum Gasteiger partial charge on any atom is -0.457 e. The molecule has 0 bridgehead atoms. The lowest BCUT2D eigenvalue weighted by Gasteiger charge is -2.28. The van der Waals surface area contributed by atoms with Crippen LogP contribution in [0, 0.1) is 5.92 Å². The first-order valence-corrected chi connectivity index (χ1v) is 19.3. The van der Waals surface area contributed by atoms with E-state index in [9.17, 15) is 23.7 Å². The lowest BCUT2D eigenvalue weighted by Crippen LogP contribution is -2.37. The average Bonchev–Trinajstić information content (AvgIpc) is 3.52. The predicted octanol–water partition coefficient (Wildman–Crippen LogP) is 8.33. The largest absolute Gasteiger partial charge is 0.457 e. The van der Waals surface area contributed by atoms with Gasteiger partial charge in [-0.15, -0.1) is 0 Å². The number of carbonyl (C=O) groups is 4. The molecular weight excluding hydrogens is 689 g/mol. The first kappa shape index (κ1) is 37.1. The number of Topliss-reactive ketones (excluding diaryl/α,β-unsaturated/α-hetero) is 2. The van der Waals surface area contributed by atoms with Crippen molar-refractivity contribution in [2.24, 2.45) is 5.92 Å². The first-order chi connectivity index (χ1) is 25.7. The number of hydrogen-bond acceptors (Lipinski definition) is 8. The minimum atomic E-state index is -4.06. The van der Waals surface area contributed by atoms with Crippen molar-refractivity contribution in [1.29, 1.82) is 0 Å². The van der Waals surface area contributed by atoms with Crippen molar-refractivity contribution in [2.45, 2.75) is 25.0 Å². The number of amides is 1. The van der Waals surface area contributed by atoms with E-state index in [1.807, 2.05) is 78.9 Å². The highest BCUT2D eigenvalue weighted by molar-refractivity contribution is 7.59. The summed E-state index contributed by atoms with van der Waals surface area (Å²) in [5.74, 6) is -3.99. The van der Waals surface area contributed by atoms with Gasteiger partial charge in [-0.1, -0.05) is 140 Å². The summed E-state index contributed by atoms with van der Waals surface area (Å²) in [6.45, 7) is 0.457. The third-order valence-corrected chi connectivity index (χ3v) is 12.2. The number of benzene rings is 5. The van der Waals surface area contributed by atoms with Crippen LogP contribution in [0.5, 0.6) is 0 Å². The molecule has 0 aromatic heterocycles. The zero-order valence-electron chi connectivity index (χ0n) is 29.3. The first-order valence-electron chi connectivity index (χ1n) is 17.4. The predicted molar refractivity (Wildman–Crippen MR) is 202 cm³/mol. The van der Waals surface area contributed by atoms with E-state index in [4.69, 9.17) is 14.0 Å². The number of rotatable bonds is 16. The fraction of sp³-hybridized carbons (Fsp3) is 0.209. The van der Waals surface area contributed by atoms with E-state index in [2.05, 4.69) is 5.32 Å². The van der Waals surface area contributed by atoms with Gasteiger partial charge >= 0.3 is 12.1 Å². The van der Waals surface area contributed by atoms with E-state index in [1.165, 1.54) is 6.92 Å². The maximum absolute atomic E-state index is 14.9. The van der Waals surface area contributed by atoms with Crippen LogP contribution in [0.15, 0.2) is 140 Å². The number of esters is 1. The monoisotopic (exact) mass is 729 g/mol. The van der Waals surface area contributed by atoms with Crippen LogP contribution in [0.4, 0.5) is 4.79 Å². The molecule has 5 aromatic carbocycles. The number of fused-ring (bicyclic) bond motifs is 3. The van der Waals surface area contributed by atoms with Crippen LogP contribution in [0.2, 0.25) is 0 Å². The summed E-state index contributed by atoms with van der Waals surface area (Å²) >= 11 is 0. The zero-order valence-corrected chi connectivity index (χ0v) is 30.2. The van der Waals surface area contributed by atoms with Gasteiger partial charge < -0.3 is 19.3 Å². The second-order valence-electron chi connectivity index (χ2n) is 12.9. The van der Waals surface area contributed by atoms with Crippen LogP contribution in [0.1, 0.15) is 50.2 Å².